The maximum absolute atomic E-state index is 4.88. The third-order valence-electron chi connectivity index (χ3n) is 3.84. The van der Waals surface area contributed by atoms with Crippen LogP contribution in [0.2, 0.25) is 0 Å². The standard InChI is InChI=1S/C19H13IN2/c20-17-11-10-14-12-21-18(13-6-2-1-3-7-13)15-8-4-5-9-16(15)19(14)22-17/h1-11H,12H2. The van der Waals surface area contributed by atoms with Crippen LogP contribution >= 0.6 is 22.6 Å². The largest absolute Gasteiger partial charge is 0.279 e. The highest BCUT2D eigenvalue weighted by Crippen LogP contribution is 2.31. The Morgan fingerprint density at radius 3 is 2.32 bits per heavy atom. The fraction of sp³-hybridized carbons (Fsp3) is 0.0526. The van der Waals surface area contributed by atoms with Gasteiger partial charge in [-0.25, -0.2) is 4.98 Å². The van der Waals surface area contributed by atoms with E-state index in [1.807, 2.05) is 12.1 Å². The lowest BCUT2D eigenvalue weighted by Gasteiger charge is -2.10. The topological polar surface area (TPSA) is 25.2 Å². The summed E-state index contributed by atoms with van der Waals surface area (Å²) < 4.78 is 1.01. The van der Waals surface area contributed by atoms with Gasteiger partial charge in [-0.15, -0.1) is 0 Å². The van der Waals surface area contributed by atoms with Crippen LogP contribution in [0.5, 0.6) is 0 Å². The molecule has 2 heterocycles. The van der Waals surface area contributed by atoms with Crippen molar-refractivity contribution in [2.75, 3.05) is 0 Å². The minimum Gasteiger partial charge on any atom is -0.279 e. The second-order valence-corrected chi connectivity index (χ2v) is 6.32. The molecular formula is C19H13IN2. The maximum Gasteiger partial charge on any atom is 0.102 e. The van der Waals surface area contributed by atoms with Gasteiger partial charge < -0.3 is 0 Å². The molecule has 1 aromatic heterocycles. The molecule has 1 aliphatic heterocycles. The molecule has 0 bridgehead atoms. The number of benzene rings is 2. The average molecular weight is 396 g/mol. The molecule has 0 saturated carbocycles. The van der Waals surface area contributed by atoms with E-state index >= 15 is 0 Å². The fourth-order valence-corrected chi connectivity index (χ4v) is 3.23. The monoisotopic (exact) mass is 396 g/mol. The quantitative estimate of drug-likeness (QED) is 0.432. The number of nitrogens with zero attached hydrogens (tertiary/aromatic N) is 2. The van der Waals surface area contributed by atoms with Gasteiger partial charge in [0, 0.05) is 16.7 Å². The van der Waals surface area contributed by atoms with Crippen LogP contribution in [-0.2, 0) is 6.54 Å². The summed E-state index contributed by atoms with van der Waals surface area (Å²) in [6, 6.07) is 23.0. The zero-order valence-corrected chi connectivity index (χ0v) is 14.0. The summed E-state index contributed by atoms with van der Waals surface area (Å²) >= 11 is 2.27. The molecule has 3 heteroatoms. The fourth-order valence-electron chi connectivity index (χ4n) is 2.81. The molecule has 0 radical (unpaired) electrons. The zero-order chi connectivity index (χ0) is 14.9. The van der Waals surface area contributed by atoms with Crippen LogP contribution in [0.3, 0.4) is 0 Å². The van der Waals surface area contributed by atoms with Gasteiger partial charge in [0.15, 0.2) is 0 Å². The minimum atomic E-state index is 0.665. The minimum absolute atomic E-state index is 0.665. The predicted molar refractivity (Wildman–Crippen MR) is 98.2 cm³/mol. The van der Waals surface area contributed by atoms with Crippen LogP contribution in [0.15, 0.2) is 71.7 Å². The predicted octanol–water partition coefficient (Wildman–Crippen LogP) is 4.70. The number of aliphatic imine (C=N–C) groups is 1. The van der Waals surface area contributed by atoms with Crippen molar-refractivity contribution in [2.45, 2.75) is 6.54 Å². The SMILES string of the molecule is Ic1ccc2c(n1)-c1ccccc1C(c1ccccc1)=NC2. The average Bonchev–Trinajstić information content (AvgIpc) is 2.73. The molecule has 0 fully saturated rings. The van der Waals surface area contributed by atoms with Crippen molar-refractivity contribution in [2.24, 2.45) is 4.99 Å². The van der Waals surface area contributed by atoms with Gasteiger partial charge in [-0.05, 0) is 34.2 Å². The number of pyridine rings is 1. The van der Waals surface area contributed by atoms with Crippen molar-refractivity contribution in [3.8, 4) is 11.3 Å². The highest BCUT2D eigenvalue weighted by Gasteiger charge is 2.19. The van der Waals surface area contributed by atoms with Gasteiger partial charge in [-0.2, -0.15) is 0 Å². The van der Waals surface area contributed by atoms with Crippen molar-refractivity contribution in [3.63, 3.8) is 0 Å². The number of hydrogen-bond acceptors (Lipinski definition) is 2. The van der Waals surface area contributed by atoms with Crippen LogP contribution in [0.1, 0.15) is 16.7 Å². The Morgan fingerprint density at radius 1 is 0.773 bits per heavy atom. The Bertz CT molecular complexity index is 870. The van der Waals surface area contributed by atoms with Gasteiger partial charge in [0.2, 0.25) is 0 Å². The summed E-state index contributed by atoms with van der Waals surface area (Å²) in [7, 11) is 0. The lowest BCUT2D eigenvalue weighted by Crippen LogP contribution is -2.04. The van der Waals surface area contributed by atoms with E-state index in [0.717, 1.165) is 31.8 Å². The Morgan fingerprint density at radius 2 is 1.50 bits per heavy atom. The number of halogens is 1. The van der Waals surface area contributed by atoms with Crippen molar-refractivity contribution < 1.29 is 0 Å². The highest BCUT2D eigenvalue weighted by molar-refractivity contribution is 14.1. The molecule has 0 spiro atoms. The molecule has 0 atom stereocenters. The number of rotatable bonds is 1. The van der Waals surface area contributed by atoms with E-state index in [1.165, 1.54) is 5.56 Å². The summed E-state index contributed by atoms with van der Waals surface area (Å²) in [6.45, 7) is 0.665. The molecule has 2 aromatic carbocycles. The molecule has 0 unspecified atom stereocenters. The molecule has 1 aliphatic rings. The molecule has 0 aliphatic carbocycles. The van der Waals surface area contributed by atoms with Crippen molar-refractivity contribution in [1.82, 2.24) is 4.98 Å². The lowest BCUT2D eigenvalue weighted by atomic mass is 9.95. The number of hydrogen-bond donors (Lipinski definition) is 0. The molecule has 22 heavy (non-hydrogen) atoms. The Kier molecular flexibility index (Phi) is 3.50. The van der Waals surface area contributed by atoms with E-state index in [0.29, 0.717) is 6.54 Å². The van der Waals surface area contributed by atoms with E-state index in [9.17, 15) is 0 Å². The molecule has 2 nitrogen and oxygen atoms in total. The summed E-state index contributed by atoms with van der Waals surface area (Å²) in [4.78, 5) is 9.64. The lowest BCUT2D eigenvalue weighted by molar-refractivity contribution is 1.05. The molecular weight excluding hydrogens is 383 g/mol. The Balaban J connectivity index is 1.98. The normalized spacial score (nSPS) is 12.9. The van der Waals surface area contributed by atoms with Crippen LogP contribution in [-0.4, -0.2) is 10.7 Å². The van der Waals surface area contributed by atoms with Crippen LogP contribution in [0.25, 0.3) is 11.3 Å². The third-order valence-corrected chi connectivity index (χ3v) is 4.44. The summed E-state index contributed by atoms with van der Waals surface area (Å²) in [6.07, 6.45) is 0. The molecule has 4 rings (SSSR count). The Labute approximate surface area is 143 Å². The zero-order valence-electron chi connectivity index (χ0n) is 11.8. The van der Waals surface area contributed by atoms with Gasteiger partial charge in [-0.1, -0.05) is 60.7 Å². The first-order valence-electron chi connectivity index (χ1n) is 7.18. The van der Waals surface area contributed by atoms with E-state index in [2.05, 4.69) is 77.2 Å². The van der Waals surface area contributed by atoms with Gasteiger partial charge in [0.1, 0.15) is 3.70 Å². The van der Waals surface area contributed by atoms with Crippen molar-refractivity contribution >= 4 is 28.3 Å². The number of fused-ring (bicyclic) bond motifs is 3. The Hall–Kier alpha value is -2.01. The van der Waals surface area contributed by atoms with Gasteiger partial charge in [0.25, 0.3) is 0 Å². The second-order valence-electron chi connectivity index (χ2n) is 5.22. The van der Waals surface area contributed by atoms with Crippen LogP contribution < -0.4 is 0 Å². The van der Waals surface area contributed by atoms with Gasteiger partial charge >= 0.3 is 0 Å². The van der Waals surface area contributed by atoms with Crippen LogP contribution in [0, 0.1) is 3.70 Å². The molecule has 0 saturated heterocycles. The van der Waals surface area contributed by atoms with E-state index < -0.39 is 0 Å². The smallest absolute Gasteiger partial charge is 0.102 e. The maximum atomic E-state index is 4.88. The summed E-state index contributed by atoms with van der Waals surface area (Å²) in [5.74, 6) is 0. The van der Waals surface area contributed by atoms with E-state index in [4.69, 9.17) is 9.98 Å². The molecule has 3 aromatic rings. The van der Waals surface area contributed by atoms with E-state index in [-0.39, 0.29) is 0 Å². The van der Waals surface area contributed by atoms with E-state index in [1.54, 1.807) is 0 Å². The van der Waals surface area contributed by atoms with Crippen molar-refractivity contribution in [3.05, 3.63) is 87.1 Å². The molecule has 0 N–H and O–H groups in total. The van der Waals surface area contributed by atoms with Crippen molar-refractivity contribution in [1.29, 1.82) is 0 Å². The number of aromatic nitrogens is 1. The first-order valence-corrected chi connectivity index (χ1v) is 8.26. The summed E-state index contributed by atoms with van der Waals surface area (Å²) in [5.41, 5.74) is 6.75. The third kappa shape index (κ3) is 2.35. The molecule has 0 amide bonds. The van der Waals surface area contributed by atoms with Gasteiger partial charge in [-0.3, -0.25) is 4.99 Å². The van der Waals surface area contributed by atoms with Crippen LogP contribution in [0.4, 0.5) is 0 Å². The highest BCUT2D eigenvalue weighted by atomic mass is 127. The summed E-state index contributed by atoms with van der Waals surface area (Å²) in [5, 5.41) is 0. The molecule has 106 valence electrons. The van der Waals surface area contributed by atoms with Gasteiger partial charge in [0.05, 0.1) is 18.0 Å². The first-order chi connectivity index (χ1) is 10.8. The first kappa shape index (κ1) is 13.6. The second kappa shape index (κ2) is 5.65.